The number of fused-ring (bicyclic) bond motifs is 3. The third-order valence-corrected chi connectivity index (χ3v) is 7.29. The van der Waals surface area contributed by atoms with Crippen LogP contribution in [0, 0.1) is 5.92 Å². The Morgan fingerprint density at radius 3 is 2.84 bits per heavy atom. The Kier molecular flexibility index (Phi) is 4.78. The predicted octanol–water partition coefficient (Wildman–Crippen LogP) is 4.44. The third kappa shape index (κ3) is 3.40. The third-order valence-electron chi connectivity index (χ3n) is 7.29. The molecule has 3 atom stereocenters. The number of carbonyl (C=O) groups is 1. The molecule has 2 bridgehead atoms. The smallest absolute Gasteiger partial charge is 0.223 e. The number of aromatic amines is 1. The lowest BCUT2D eigenvalue weighted by atomic mass is 9.89. The van der Waals surface area contributed by atoms with Crippen molar-refractivity contribution in [1.82, 2.24) is 24.6 Å². The van der Waals surface area contributed by atoms with Gasteiger partial charge in [-0.25, -0.2) is 4.98 Å². The lowest BCUT2D eigenvalue weighted by Gasteiger charge is -2.25. The van der Waals surface area contributed by atoms with Crippen molar-refractivity contribution in [3.8, 4) is 11.1 Å². The highest BCUT2D eigenvalue weighted by molar-refractivity contribution is 5.81. The number of carbonyl (C=O) groups excluding carboxylic acids is 1. The Morgan fingerprint density at radius 2 is 2.00 bits per heavy atom. The molecule has 32 heavy (non-hydrogen) atoms. The van der Waals surface area contributed by atoms with Crippen LogP contribution in [0.4, 0.5) is 0 Å². The summed E-state index contributed by atoms with van der Waals surface area (Å²) in [5.74, 6) is 0.824. The summed E-state index contributed by atoms with van der Waals surface area (Å²) in [6.45, 7) is 0.922. The second kappa shape index (κ2) is 7.93. The molecule has 6 heteroatoms. The van der Waals surface area contributed by atoms with Crippen LogP contribution in [0.1, 0.15) is 31.2 Å². The van der Waals surface area contributed by atoms with E-state index in [1.54, 1.807) is 0 Å². The van der Waals surface area contributed by atoms with Crippen molar-refractivity contribution in [1.29, 1.82) is 0 Å². The Morgan fingerprint density at radius 1 is 1.09 bits per heavy atom. The standard InChI is InChI=1S/C26H27N5O/c32-25(9-6-18-4-2-1-3-5-18)31-23-7-8-24(31)21(13-23)17-30-11-10-19-12-20(14-27-26(19)30)22-15-28-29-16-22/h1-5,10-12,14-16,21,23-24H,6-9,13,17H2,(H,28,29). The van der Waals surface area contributed by atoms with Gasteiger partial charge in [-0.2, -0.15) is 5.10 Å². The van der Waals surface area contributed by atoms with Gasteiger partial charge >= 0.3 is 0 Å². The Bertz CT molecular complexity index is 1230. The van der Waals surface area contributed by atoms with Crippen LogP contribution in [0.5, 0.6) is 0 Å². The molecule has 2 aliphatic rings. The number of amides is 1. The first kappa shape index (κ1) is 19.3. The Labute approximate surface area is 187 Å². The molecular weight excluding hydrogens is 398 g/mol. The van der Waals surface area contributed by atoms with E-state index in [1.165, 1.54) is 5.56 Å². The average Bonchev–Trinajstić information content (AvgIpc) is 3.62. The van der Waals surface area contributed by atoms with Gasteiger partial charge in [0.2, 0.25) is 5.91 Å². The first-order valence-corrected chi connectivity index (χ1v) is 11.6. The molecule has 0 aliphatic carbocycles. The largest absolute Gasteiger partial charge is 0.336 e. The van der Waals surface area contributed by atoms with E-state index in [0.29, 0.717) is 30.3 Å². The molecule has 6 nitrogen and oxygen atoms in total. The summed E-state index contributed by atoms with van der Waals surface area (Å²) in [7, 11) is 0. The normalized spacial score (nSPS) is 22.1. The van der Waals surface area contributed by atoms with E-state index >= 15 is 0 Å². The molecule has 1 N–H and O–H groups in total. The van der Waals surface area contributed by atoms with Crippen molar-refractivity contribution in [2.24, 2.45) is 5.92 Å². The molecule has 2 saturated heterocycles. The topological polar surface area (TPSA) is 66.8 Å². The molecule has 3 unspecified atom stereocenters. The molecule has 6 rings (SSSR count). The van der Waals surface area contributed by atoms with Gasteiger partial charge in [0.15, 0.2) is 0 Å². The zero-order chi connectivity index (χ0) is 21.5. The molecular formula is C26H27N5O. The first-order valence-electron chi connectivity index (χ1n) is 11.6. The van der Waals surface area contributed by atoms with E-state index in [1.807, 2.05) is 36.8 Å². The molecule has 3 aromatic heterocycles. The summed E-state index contributed by atoms with van der Waals surface area (Å²) >= 11 is 0. The van der Waals surface area contributed by atoms with Gasteiger partial charge in [-0.15, -0.1) is 0 Å². The maximum Gasteiger partial charge on any atom is 0.223 e. The van der Waals surface area contributed by atoms with Gasteiger partial charge in [-0.05, 0) is 49.3 Å². The van der Waals surface area contributed by atoms with E-state index in [2.05, 4.69) is 50.1 Å². The van der Waals surface area contributed by atoms with Crippen molar-refractivity contribution < 1.29 is 4.79 Å². The highest BCUT2D eigenvalue weighted by Crippen LogP contribution is 2.43. The van der Waals surface area contributed by atoms with Crippen LogP contribution in [0.2, 0.25) is 0 Å². The quantitative estimate of drug-likeness (QED) is 0.497. The van der Waals surface area contributed by atoms with Gasteiger partial charge in [0.05, 0.1) is 6.20 Å². The number of benzene rings is 1. The predicted molar refractivity (Wildman–Crippen MR) is 124 cm³/mol. The number of hydrogen-bond donors (Lipinski definition) is 1. The molecule has 5 heterocycles. The minimum atomic E-state index is 0.323. The molecule has 1 aromatic carbocycles. The van der Waals surface area contributed by atoms with Gasteiger partial charge in [0, 0.05) is 60.2 Å². The van der Waals surface area contributed by atoms with Crippen LogP contribution in [-0.2, 0) is 17.8 Å². The van der Waals surface area contributed by atoms with Crippen LogP contribution in [0.3, 0.4) is 0 Å². The van der Waals surface area contributed by atoms with Crippen molar-refractivity contribution in [3.05, 3.63) is 72.8 Å². The molecule has 0 radical (unpaired) electrons. The fourth-order valence-electron chi connectivity index (χ4n) is 5.77. The van der Waals surface area contributed by atoms with Gasteiger partial charge < -0.3 is 9.47 Å². The average molecular weight is 426 g/mol. The molecule has 4 aromatic rings. The van der Waals surface area contributed by atoms with Crippen molar-refractivity contribution in [3.63, 3.8) is 0 Å². The lowest BCUT2D eigenvalue weighted by Crippen LogP contribution is -2.37. The zero-order valence-electron chi connectivity index (χ0n) is 18.0. The van der Waals surface area contributed by atoms with Crippen molar-refractivity contribution in [2.75, 3.05) is 0 Å². The number of nitrogens with zero attached hydrogens (tertiary/aromatic N) is 4. The number of nitrogens with one attached hydrogen (secondary N) is 1. The Balaban J connectivity index is 1.15. The summed E-state index contributed by atoms with van der Waals surface area (Å²) < 4.78 is 2.27. The fraction of sp³-hybridized carbons (Fsp3) is 0.346. The maximum atomic E-state index is 13.1. The molecule has 2 fully saturated rings. The van der Waals surface area contributed by atoms with Crippen molar-refractivity contribution in [2.45, 2.75) is 50.7 Å². The number of H-pyrrole nitrogens is 1. The fourth-order valence-corrected chi connectivity index (χ4v) is 5.77. The summed E-state index contributed by atoms with van der Waals surface area (Å²) in [6.07, 6.45) is 12.6. The van der Waals surface area contributed by atoms with Crippen LogP contribution in [0.15, 0.2) is 67.3 Å². The van der Waals surface area contributed by atoms with Gasteiger partial charge in [-0.3, -0.25) is 9.89 Å². The summed E-state index contributed by atoms with van der Waals surface area (Å²) in [5.41, 5.74) is 4.37. The maximum absolute atomic E-state index is 13.1. The molecule has 1 amide bonds. The number of rotatable bonds is 6. The number of aryl methyl sites for hydroxylation is 1. The summed E-state index contributed by atoms with van der Waals surface area (Å²) in [5, 5.41) is 8.04. The van der Waals surface area contributed by atoms with E-state index in [-0.39, 0.29) is 0 Å². The number of hydrogen-bond acceptors (Lipinski definition) is 3. The van der Waals surface area contributed by atoms with Crippen LogP contribution < -0.4 is 0 Å². The Hall–Kier alpha value is -3.41. The van der Waals surface area contributed by atoms with Crippen LogP contribution >= 0.6 is 0 Å². The van der Waals surface area contributed by atoms with Crippen molar-refractivity contribution >= 4 is 16.9 Å². The van der Waals surface area contributed by atoms with Crippen LogP contribution in [-0.4, -0.2) is 42.6 Å². The molecule has 0 spiro atoms. The van der Waals surface area contributed by atoms with Gasteiger partial charge in [0.25, 0.3) is 0 Å². The monoisotopic (exact) mass is 425 g/mol. The summed E-state index contributed by atoms with van der Waals surface area (Å²) in [4.78, 5) is 20.1. The van der Waals surface area contributed by atoms with E-state index in [4.69, 9.17) is 4.98 Å². The second-order valence-corrected chi connectivity index (χ2v) is 9.17. The van der Waals surface area contributed by atoms with E-state index in [9.17, 15) is 4.79 Å². The molecule has 162 valence electrons. The first-order chi connectivity index (χ1) is 15.8. The summed E-state index contributed by atoms with van der Waals surface area (Å²) in [6, 6.07) is 15.4. The molecule has 0 saturated carbocycles. The minimum Gasteiger partial charge on any atom is -0.336 e. The molecule has 2 aliphatic heterocycles. The van der Waals surface area contributed by atoms with Crippen LogP contribution in [0.25, 0.3) is 22.2 Å². The van der Waals surface area contributed by atoms with E-state index in [0.717, 1.165) is 54.4 Å². The number of aromatic nitrogens is 4. The highest BCUT2D eigenvalue weighted by atomic mass is 16.2. The highest BCUT2D eigenvalue weighted by Gasteiger charge is 2.48. The zero-order valence-corrected chi connectivity index (χ0v) is 18.0. The second-order valence-electron chi connectivity index (χ2n) is 9.17. The van der Waals surface area contributed by atoms with E-state index < -0.39 is 0 Å². The number of pyridine rings is 1. The SMILES string of the molecule is O=C(CCc1ccccc1)N1C2CCC1C(Cn1ccc3cc(-c4cn[nH]c4)cnc31)C2. The van der Waals surface area contributed by atoms with Gasteiger partial charge in [0.1, 0.15) is 5.65 Å². The van der Waals surface area contributed by atoms with Gasteiger partial charge in [-0.1, -0.05) is 30.3 Å². The lowest BCUT2D eigenvalue weighted by molar-refractivity contribution is -0.132. The minimum absolute atomic E-state index is 0.323.